The van der Waals surface area contributed by atoms with Crippen molar-refractivity contribution in [3.63, 3.8) is 0 Å². The first kappa shape index (κ1) is 24.1. The molecule has 2 fully saturated rings. The van der Waals surface area contributed by atoms with Gasteiger partial charge in [0.05, 0.1) is 19.8 Å². The van der Waals surface area contributed by atoms with Crippen molar-refractivity contribution in [1.29, 1.82) is 0 Å². The van der Waals surface area contributed by atoms with E-state index in [1.165, 1.54) is 12.7 Å². The zero-order valence-corrected chi connectivity index (χ0v) is 20.6. The van der Waals surface area contributed by atoms with E-state index in [2.05, 4.69) is 43.3 Å². The van der Waals surface area contributed by atoms with Gasteiger partial charge in [0.25, 0.3) is 0 Å². The Labute approximate surface area is 202 Å². The van der Waals surface area contributed by atoms with E-state index in [1.54, 1.807) is 12.0 Å². The predicted octanol–water partition coefficient (Wildman–Crippen LogP) is 3.88. The molecule has 0 radical (unpaired) electrons. The summed E-state index contributed by atoms with van der Waals surface area (Å²) in [6.45, 7) is 1.08. The van der Waals surface area contributed by atoms with Crippen LogP contribution >= 0.6 is 0 Å². The Kier molecular flexibility index (Phi) is 6.84. The van der Waals surface area contributed by atoms with Gasteiger partial charge < -0.3 is 19.3 Å². The molecule has 7 heteroatoms. The Morgan fingerprint density at radius 2 is 1.62 bits per heavy atom. The van der Waals surface area contributed by atoms with Crippen LogP contribution in [-0.4, -0.2) is 73.6 Å². The number of amides is 2. The van der Waals surface area contributed by atoms with Gasteiger partial charge in [-0.15, -0.1) is 0 Å². The maximum absolute atomic E-state index is 13.5. The van der Waals surface area contributed by atoms with Crippen LogP contribution < -0.4 is 4.74 Å². The van der Waals surface area contributed by atoms with E-state index < -0.39 is 0 Å². The quantitative estimate of drug-likeness (QED) is 0.581. The average Bonchev–Trinajstić information content (AvgIpc) is 3.10. The number of ether oxygens (including phenoxy) is 2. The summed E-state index contributed by atoms with van der Waals surface area (Å²) < 4.78 is 10.2. The van der Waals surface area contributed by atoms with Crippen LogP contribution in [0, 0.1) is 0 Å². The Balaban J connectivity index is 1.59. The Morgan fingerprint density at radius 3 is 2.18 bits per heavy atom. The van der Waals surface area contributed by atoms with Crippen LogP contribution in [0.2, 0.25) is 0 Å². The number of rotatable bonds is 7. The van der Waals surface area contributed by atoms with Gasteiger partial charge in [0.15, 0.2) is 0 Å². The van der Waals surface area contributed by atoms with Gasteiger partial charge >= 0.3 is 12.0 Å². The molecular formula is C27H35N3O4. The minimum Gasteiger partial charge on any atom is -0.497 e. The van der Waals surface area contributed by atoms with Gasteiger partial charge in [-0.25, -0.2) is 4.79 Å². The molecule has 7 nitrogen and oxygen atoms in total. The first-order valence-corrected chi connectivity index (χ1v) is 11.8. The molecule has 1 aliphatic carbocycles. The second-order valence-electron chi connectivity index (χ2n) is 9.67. The third kappa shape index (κ3) is 4.37. The van der Waals surface area contributed by atoms with Gasteiger partial charge in [-0.05, 0) is 63.0 Å². The molecule has 2 aromatic rings. The smallest absolute Gasteiger partial charge is 0.325 e. The average molecular weight is 466 g/mol. The summed E-state index contributed by atoms with van der Waals surface area (Å²) in [6.07, 6.45) is 3.46. The number of carbonyl (C=O) groups excluding carboxylic acids is 2. The number of carbonyl (C=O) groups is 2. The molecule has 0 N–H and O–H groups in total. The van der Waals surface area contributed by atoms with Crippen molar-refractivity contribution in [3.05, 3.63) is 65.7 Å². The van der Waals surface area contributed by atoms with Gasteiger partial charge in [-0.1, -0.05) is 42.5 Å². The molecule has 4 rings (SSSR count). The molecule has 182 valence electrons. The molecule has 0 atom stereocenters. The van der Waals surface area contributed by atoms with Crippen molar-refractivity contribution in [3.8, 4) is 5.75 Å². The number of hydrogen-bond donors (Lipinski definition) is 0. The summed E-state index contributed by atoms with van der Waals surface area (Å²) in [5.74, 6) is 0.403. The van der Waals surface area contributed by atoms with Crippen LogP contribution in [0.1, 0.15) is 36.8 Å². The van der Waals surface area contributed by atoms with Crippen molar-refractivity contribution in [2.45, 2.75) is 43.3 Å². The van der Waals surface area contributed by atoms with Crippen LogP contribution in [0.15, 0.2) is 54.6 Å². The lowest BCUT2D eigenvalue weighted by Crippen LogP contribution is -2.56. The fraction of sp³-hybridized carbons (Fsp3) is 0.481. The highest BCUT2D eigenvalue weighted by molar-refractivity contribution is 5.83. The summed E-state index contributed by atoms with van der Waals surface area (Å²) in [5.41, 5.74) is 1.86. The number of esters is 1. The van der Waals surface area contributed by atoms with E-state index in [0.717, 1.165) is 37.0 Å². The molecule has 2 amide bonds. The molecule has 2 aliphatic rings. The highest BCUT2D eigenvalue weighted by atomic mass is 16.5. The number of nitrogens with zero attached hydrogens (tertiary/aromatic N) is 3. The van der Waals surface area contributed by atoms with E-state index in [-0.39, 0.29) is 29.6 Å². The standard InChI is InChI=1S/C27H35N3O4/c1-28(2)27(22-8-6-5-7-9-22)16-14-26(15-17-27)20-29(25(32)30(26)19-24(31)34-4)18-21-10-12-23(33-3)13-11-21/h5-13H,14-20H2,1-4H3. The van der Waals surface area contributed by atoms with Gasteiger partial charge in [0.2, 0.25) is 0 Å². The van der Waals surface area contributed by atoms with Gasteiger partial charge in [0.1, 0.15) is 12.3 Å². The van der Waals surface area contributed by atoms with Gasteiger partial charge in [-0.3, -0.25) is 9.69 Å². The summed E-state index contributed by atoms with van der Waals surface area (Å²) in [7, 11) is 7.28. The van der Waals surface area contributed by atoms with Crippen molar-refractivity contribution in [1.82, 2.24) is 14.7 Å². The topological polar surface area (TPSA) is 62.3 Å². The van der Waals surface area contributed by atoms with Crippen molar-refractivity contribution in [2.24, 2.45) is 0 Å². The van der Waals surface area contributed by atoms with E-state index in [9.17, 15) is 9.59 Å². The monoisotopic (exact) mass is 465 g/mol. The van der Waals surface area contributed by atoms with Crippen molar-refractivity contribution in [2.75, 3.05) is 41.4 Å². The van der Waals surface area contributed by atoms with Crippen LogP contribution in [0.4, 0.5) is 4.79 Å². The highest BCUT2D eigenvalue weighted by Crippen LogP contribution is 2.49. The lowest BCUT2D eigenvalue weighted by Gasteiger charge is -2.50. The molecule has 2 aromatic carbocycles. The van der Waals surface area contributed by atoms with Crippen molar-refractivity contribution >= 4 is 12.0 Å². The van der Waals surface area contributed by atoms with E-state index in [0.29, 0.717) is 13.1 Å². The fourth-order valence-corrected chi connectivity index (χ4v) is 5.69. The summed E-state index contributed by atoms with van der Waals surface area (Å²) in [5, 5.41) is 0. The summed E-state index contributed by atoms with van der Waals surface area (Å²) >= 11 is 0. The minimum absolute atomic E-state index is 0.0191. The number of hydrogen-bond acceptors (Lipinski definition) is 5. The molecule has 1 spiro atoms. The largest absolute Gasteiger partial charge is 0.497 e. The second-order valence-corrected chi connectivity index (χ2v) is 9.67. The normalized spacial score (nSPS) is 24.7. The molecule has 0 bridgehead atoms. The number of urea groups is 1. The molecule has 1 saturated carbocycles. The van der Waals surface area contributed by atoms with Crippen LogP contribution in [0.3, 0.4) is 0 Å². The molecule has 0 unspecified atom stereocenters. The summed E-state index contributed by atoms with van der Waals surface area (Å²) in [6, 6.07) is 18.3. The minimum atomic E-state index is -0.383. The Morgan fingerprint density at radius 1 is 0.971 bits per heavy atom. The predicted molar refractivity (Wildman–Crippen MR) is 131 cm³/mol. The maximum Gasteiger partial charge on any atom is 0.325 e. The molecule has 0 aromatic heterocycles. The van der Waals surface area contributed by atoms with Crippen LogP contribution in [0.5, 0.6) is 5.75 Å². The van der Waals surface area contributed by atoms with E-state index in [1.807, 2.05) is 35.2 Å². The maximum atomic E-state index is 13.5. The SMILES string of the molecule is COC(=O)CN1C(=O)N(Cc2ccc(OC)cc2)CC12CCC(c1ccccc1)(N(C)C)CC2. The zero-order chi connectivity index (χ0) is 24.3. The van der Waals surface area contributed by atoms with E-state index >= 15 is 0 Å². The highest BCUT2D eigenvalue weighted by Gasteiger charge is 2.54. The molecule has 34 heavy (non-hydrogen) atoms. The third-order valence-electron chi connectivity index (χ3n) is 7.78. The van der Waals surface area contributed by atoms with Crippen molar-refractivity contribution < 1.29 is 19.1 Å². The number of benzene rings is 2. The molecule has 1 saturated heterocycles. The first-order valence-electron chi connectivity index (χ1n) is 11.8. The zero-order valence-electron chi connectivity index (χ0n) is 20.6. The lowest BCUT2D eigenvalue weighted by atomic mass is 9.68. The van der Waals surface area contributed by atoms with Crippen LogP contribution in [-0.2, 0) is 21.6 Å². The molecular weight excluding hydrogens is 430 g/mol. The second kappa shape index (κ2) is 9.66. The lowest BCUT2D eigenvalue weighted by molar-refractivity contribution is -0.142. The fourth-order valence-electron chi connectivity index (χ4n) is 5.69. The summed E-state index contributed by atoms with van der Waals surface area (Å²) in [4.78, 5) is 31.8. The van der Waals surface area contributed by atoms with E-state index in [4.69, 9.17) is 9.47 Å². The van der Waals surface area contributed by atoms with Crippen LogP contribution in [0.25, 0.3) is 0 Å². The molecule has 1 aliphatic heterocycles. The third-order valence-corrected chi connectivity index (χ3v) is 7.78. The Bertz CT molecular complexity index is 998. The van der Waals surface area contributed by atoms with Gasteiger partial charge in [0, 0.05) is 18.6 Å². The molecule has 1 heterocycles. The number of methoxy groups -OCH3 is 2. The van der Waals surface area contributed by atoms with Gasteiger partial charge in [-0.2, -0.15) is 0 Å². The first-order chi connectivity index (χ1) is 16.3. The Hall–Kier alpha value is -3.06.